The highest BCUT2D eigenvalue weighted by atomic mass is 16.3. The summed E-state index contributed by atoms with van der Waals surface area (Å²) in [5.74, 6) is 0. The Morgan fingerprint density at radius 1 is 1.42 bits per heavy atom. The van der Waals surface area contributed by atoms with E-state index in [2.05, 4.69) is 11.8 Å². The van der Waals surface area contributed by atoms with Crippen LogP contribution in [0.1, 0.15) is 26.2 Å². The molecule has 0 spiro atoms. The number of hydrogen-bond donors (Lipinski definition) is 2. The van der Waals surface area contributed by atoms with E-state index in [0.29, 0.717) is 6.54 Å². The average Bonchev–Trinajstić information content (AvgIpc) is 2.01. The van der Waals surface area contributed by atoms with E-state index in [1.807, 2.05) is 0 Å². The normalized spacial score (nSPS) is 22.2. The molecule has 1 saturated heterocycles. The van der Waals surface area contributed by atoms with Crippen LogP contribution in [0.5, 0.6) is 0 Å². The lowest BCUT2D eigenvalue weighted by Gasteiger charge is -2.46. The van der Waals surface area contributed by atoms with Crippen molar-refractivity contribution < 1.29 is 5.11 Å². The first kappa shape index (κ1) is 9.96. The van der Waals surface area contributed by atoms with Crippen LogP contribution in [0.4, 0.5) is 0 Å². The first-order valence-electron chi connectivity index (χ1n) is 4.85. The van der Waals surface area contributed by atoms with Gasteiger partial charge < -0.3 is 10.8 Å². The number of nitrogens with zero attached hydrogens (tertiary/aromatic N) is 1. The van der Waals surface area contributed by atoms with Crippen molar-refractivity contribution in [3.05, 3.63) is 0 Å². The van der Waals surface area contributed by atoms with Crippen LogP contribution in [0.25, 0.3) is 0 Å². The van der Waals surface area contributed by atoms with Gasteiger partial charge in [-0.3, -0.25) is 4.90 Å². The van der Waals surface area contributed by atoms with Gasteiger partial charge in [0.2, 0.25) is 0 Å². The Bertz CT molecular complexity index is 132. The number of likely N-dealkylation sites (tertiary alicyclic amines) is 1. The van der Waals surface area contributed by atoms with E-state index < -0.39 is 5.60 Å². The largest absolute Gasteiger partial charge is 0.386 e. The number of unbranched alkanes of at least 4 members (excludes halogenated alkanes) is 2. The second-order valence-corrected chi connectivity index (χ2v) is 3.85. The fourth-order valence-corrected chi connectivity index (χ4v) is 1.66. The smallest absolute Gasteiger partial charge is 0.102 e. The maximum atomic E-state index is 9.58. The summed E-state index contributed by atoms with van der Waals surface area (Å²) in [7, 11) is 0. The molecule has 0 aromatic carbocycles. The third kappa shape index (κ3) is 2.44. The third-order valence-corrected chi connectivity index (χ3v) is 2.49. The van der Waals surface area contributed by atoms with Gasteiger partial charge in [-0.05, 0) is 13.0 Å². The maximum absolute atomic E-state index is 9.58. The summed E-state index contributed by atoms with van der Waals surface area (Å²) in [6.07, 6.45) is 3.80. The van der Waals surface area contributed by atoms with Gasteiger partial charge in [0.25, 0.3) is 0 Å². The van der Waals surface area contributed by atoms with Crippen molar-refractivity contribution in [1.29, 1.82) is 0 Å². The lowest BCUT2D eigenvalue weighted by Crippen LogP contribution is -2.65. The first-order chi connectivity index (χ1) is 5.70. The molecule has 1 aliphatic heterocycles. The monoisotopic (exact) mass is 172 g/mol. The van der Waals surface area contributed by atoms with Gasteiger partial charge in [-0.25, -0.2) is 0 Å². The van der Waals surface area contributed by atoms with Crippen molar-refractivity contribution in [3.8, 4) is 0 Å². The van der Waals surface area contributed by atoms with E-state index in [9.17, 15) is 5.11 Å². The lowest BCUT2D eigenvalue weighted by atomic mass is 9.94. The molecule has 3 N–H and O–H groups in total. The summed E-state index contributed by atoms with van der Waals surface area (Å²) in [6.45, 7) is 5.26. The minimum atomic E-state index is -0.563. The molecule has 0 radical (unpaired) electrons. The number of β-amino-alcohol motifs (C(OH)–C–C–N with tert-alkyl or cyclic N) is 1. The van der Waals surface area contributed by atoms with Gasteiger partial charge >= 0.3 is 0 Å². The van der Waals surface area contributed by atoms with E-state index in [0.717, 1.165) is 19.6 Å². The van der Waals surface area contributed by atoms with Gasteiger partial charge in [0.15, 0.2) is 0 Å². The van der Waals surface area contributed by atoms with Crippen LogP contribution in [0.3, 0.4) is 0 Å². The maximum Gasteiger partial charge on any atom is 0.102 e. The molecule has 0 aromatic rings. The third-order valence-electron chi connectivity index (χ3n) is 2.49. The van der Waals surface area contributed by atoms with Gasteiger partial charge in [-0.1, -0.05) is 19.8 Å². The van der Waals surface area contributed by atoms with Crippen LogP contribution in [0.15, 0.2) is 0 Å². The molecule has 1 aliphatic rings. The molecule has 0 saturated carbocycles. The van der Waals surface area contributed by atoms with Gasteiger partial charge in [-0.15, -0.1) is 0 Å². The standard InChI is InChI=1S/C9H20N2O/c1-2-3-4-5-11-7-9(12,6-10)8-11/h12H,2-8,10H2,1H3. The van der Waals surface area contributed by atoms with E-state index in [1.54, 1.807) is 0 Å². The Hall–Kier alpha value is -0.120. The minimum Gasteiger partial charge on any atom is -0.386 e. The number of aliphatic hydroxyl groups is 1. The van der Waals surface area contributed by atoms with Crippen molar-refractivity contribution in [2.45, 2.75) is 31.8 Å². The van der Waals surface area contributed by atoms with Crippen LogP contribution in [0, 0.1) is 0 Å². The summed E-state index contributed by atoms with van der Waals surface area (Å²) in [4.78, 5) is 2.27. The summed E-state index contributed by atoms with van der Waals surface area (Å²) in [5.41, 5.74) is 4.85. The molecule has 72 valence electrons. The van der Waals surface area contributed by atoms with E-state index in [-0.39, 0.29) is 0 Å². The fraction of sp³-hybridized carbons (Fsp3) is 1.00. The molecule has 1 heterocycles. The van der Waals surface area contributed by atoms with E-state index in [1.165, 1.54) is 19.3 Å². The molecular formula is C9H20N2O. The Morgan fingerprint density at radius 3 is 2.58 bits per heavy atom. The number of hydrogen-bond acceptors (Lipinski definition) is 3. The fourth-order valence-electron chi connectivity index (χ4n) is 1.66. The van der Waals surface area contributed by atoms with Crippen molar-refractivity contribution >= 4 is 0 Å². The zero-order chi connectivity index (χ0) is 9.03. The van der Waals surface area contributed by atoms with Crippen LogP contribution in [0.2, 0.25) is 0 Å². The van der Waals surface area contributed by atoms with Crippen molar-refractivity contribution in [1.82, 2.24) is 4.90 Å². The molecule has 0 aliphatic carbocycles. The summed E-state index contributed by atoms with van der Waals surface area (Å²) in [6, 6.07) is 0. The molecule has 0 bridgehead atoms. The number of nitrogens with two attached hydrogens (primary N) is 1. The summed E-state index contributed by atoms with van der Waals surface area (Å²) < 4.78 is 0. The molecule has 3 heteroatoms. The predicted octanol–water partition coefficient (Wildman–Crippen LogP) is 0.182. The highest BCUT2D eigenvalue weighted by Crippen LogP contribution is 2.19. The minimum absolute atomic E-state index is 0.400. The molecule has 1 fully saturated rings. The summed E-state index contributed by atoms with van der Waals surface area (Å²) in [5, 5.41) is 9.58. The van der Waals surface area contributed by atoms with Gasteiger partial charge in [0.1, 0.15) is 5.60 Å². The Kier molecular flexibility index (Phi) is 3.50. The second kappa shape index (κ2) is 4.21. The Balaban J connectivity index is 2.02. The quantitative estimate of drug-likeness (QED) is 0.582. The van der Waals surface area contributed by atoms with E-state index >= 15 is 0 Å². The zero-order valence-corrected chi connectivity index (χ0v) is 7.92. The van der Waals surface area contributed by atoms with Crippen LogP contribution >= 0.6 is 0 Å². The van der Waals surface area contributed by atoms with Crippen molar-refractivity contribution in [3.63, 3.8) is 0 Å². The van der Waals surface area contributed by atoms with Crippen LogP contribution in [-0.2, 0) is 0 Å². The molecule has 12 heavy (non-hydrogen) atoms. The topological polar surface area (TPSA) is 49.5 Å². The second-order valence-electron chi connectivity index (χ2n) is 3.85. The lowest BCUT2D eigenvalue weighted by molar-refractivity contribution is -0.0900. The van der Waals surface area contributed by atoms with E-state index in [4.69, 9.17) is 5.73 Å². The molecule has 1 rings (SSSR count). The predicted molar refractivity (Wildman–Crippen MR) is 50.0 cm³/mol. The van der Waals surface area contributed by atoms with Crippen LogP contribution < -0.4 is 5.73 Å². The molecule has 0 aromatic heterocycles. The number of rotatable bonds is 5. The first-order valence-corrected chi connectivity index (χ1v) is 4.85. The van der Waals surface area contributed by atoms with Gasteiger partial charge in [-0.2, -0.15) is 0 Å². The van der Waals surface area contributed by atoms with Gasteiger partial charge in [0, 0.05) is 19.6 Å². The van der Waals surface area contributed by atoms with Crippen molar-refractivity contribution in [2.75, 3.05) is 26.2 Å². The molecule has 0 unspecified atom stereocenters. The van der Waals surface area contributed by atoms with Crippen molar-refractivity contribution in [2.24, 2.45) is 5.73 Å². The molecule has 0 amide bonds. The SMILES string of the molecule is CCCCCN1CC(O)(CN)C1. The highest BCUT2D eigenvalue weighted by Gasteiger charge is 2.38. The molecular weight excluding hydrogens is 152 g/mol. The zero-order valence-electron chi connectivity index (χ0n) is 7.92. The Morgan fingerprint density at radius 2 is 2.08 bits per heavy atom. The van der Waals surface area contributed by atoms with Gasteiger partial charge in [0.05, 0.1) is 0 Å². The average molecular weight is 172 g/mol. The Labute approximate surface area is 74.5 Å². The summed E-state index contributed by atoms with van der Waals surface area (Å²) >= 11 is 0. The van der Waals surface area contributed by atoms with Crippen LogP contribution in [-0.4, -0.2) is 41.8 Å². The highest BCUT2D eigenvalue weighted by molar-refractivity contribution is 4.95. The molecule has 3 nitrogen and oxygen atoms in total. The molecule has 0 atom stereocenters.